The van der Waals surface area contributed by atoms with E-state index in [0.29, 0.717) is 17.9 Å². The number of pyridine rings is 1. The number of nitrogens with one attached hydrogen (secondary N) is 2. The molecule has 0 unspecified atom stereocenters. The van der Waals surface area contributed by atoms with Crippen LogP contribution >= 0.6 is 0 Å². The van der Waals surface area contributed by atoms with E-state index in [-0.39, 0.29) is 5.91 Å². The van der Waals surface area contributed by atoms with Crippen molar-refractivity contribution < 1.29 is 4.79 Å². The highest BCUT2D eigenvalue weighted by Crippen LogP contribution is 2.17. The highest BCUT2D eigenvalue weighted by Gasteiger charge is 2.14. The highest BCUT2D eigenvalue weighted by atomic mass is 16.2. The summed E-state index contributed by atoms with van der Waals surface area (Å²) in [5.74, 6) is 0.443. The summed E-state index contributed by atoms with van der Waals surface area (Å²) in [5, 5.41) is 14.9. The van der Waals surface area contributed by atoms with Crippen LogP contribution in [0.15, 0.2) is 48.8 Å². The number of aromatic nitrogens is 6. The van der Waals surface area contributed by atoms with Gasteiger partial charge in [0.05, 0.1) is 5.56 Å². The molecule has 8 nitrogen and oxygen atoms in total. The molecule has 0 atom stereocenters. The minimum absolute atomic E-state index is 0.0828. The van der Waals surface area contributed by atoms with Gasteiger partial charge in [0.25, 0.3) is 5.91 Å². The minimum Gasteiger partial charge on any atom is -0.346 e. The van der Waals surface area contributed by atoms with Crippen molar-refractivity contribution in [1.82, 2.24) is 35.5 Å². The first-order valence-electron chi connectivity index (χ1n) is 7.72. The second-order valence-corrected chi connectivity index (χ2v) is 5.74. The lowest BCUT2D eigenvalue weighted by molar-refractivity contribution is 0.0785. The molecule has 0 spiro atoms. The minimum atomic E-state index is -0.0828. The molecule has 8 heteroatoms. The van der Waals surface area contributed by atoms with Crippen molar-refractivity contribution in [3.05, 3.63) is 59.9 Å². The van der Waals surface area contributed by atoms with Crippen molar-refractivity contribution in [2.45, 2.75) is 6.54 Å². The Balaban J connectivity index is 1.54. The molecule has 2 N–H and O–H groups in total. The third kappa shape index (κ3) is 2.97. The number of fused-ring (bicyclic) bond motifs is 1. The van der Waals surface area contributed by atoms with E-state index >= 15 is 0 Å². The molecule has 0 bridgehead atoms. The number of H-pyrrole nitrogens is 2. The van der Waals surface area contributed by atoms with E-state index in [1.54, 1.807) is 24.3 Å². The predicted molar refractivity (Wildman–Crippen MR) is 91.5 cm³/mol. The van der Waals surface area contributed by atoms with Gasteiger partial charge in [0, 0.05) is 36.9 Å². The number of benzene rings is 1. The number of carbonyl (C=O) groups is 1. The highest BCUT2D eigenvalue weighted by molar-refractivity contribution is 5.96. The largest absolute Gasteiger partial charge is 0.346 e. The zero-order valence-electron chi connectivity index (χ0n) is 13.5. The maximum absolute atomic E-state index is 12.7. The van der Waals surface area contributed by atoms with E-state index in [0.717, 1.165) is 22.2 Å². The molecule has 3 heterocycles. The van der Waals surface area contributed by atoms with Crippen LogP contribution in [0.3, 0.4) is 0 Å². The van der Waals surface area contributed by atoms with E-state index in [9.17, 15) is 4.79 Å². The summed E-state index contributed by atoms with van der Waals surface area (Å²) < 4.78 is 0. The topological polar surface area (TPSA) is 103 Å². The lowest BCUT2D eigenvalue weighted by Gasteiger charge is -2.17. The monoisotopic (exact) mass is 333 g/mol. The number of aromatic amines is 2. The molecule has 0 radical (unpaired) electrons. The molecule has 0 saturated heterocycles. The third-order valence-corrected chi connectivity index (χ3v) is 3.94. The van der Waals surface area contributed by atoms with Crippen LogP contribution in [0.5, 0.6) is 0 Å². The Bertz CT molecular complexity index is 1020. The quantitative estimate of drug-likeness (QED) is 0.594. The standard InChI is InChI=1S/C17H15N7O/c1-24(17(25)14-8-13-5-6-18-15(13)19-9-14)10-11-3-2-4-12(7-11)16-20-22-23-21-16/h2-9H,10H2,1H3,(H,18,19)(H,20,21,22,23). The average Bonchev–Trinajstić information content (AvgIpc) is 3.32. The van der Waals surface area contributed by atoms with Gasteiger partial charge < -0.3 is 9.88 Å². The summed E-state index contributed by atoms with van der Waals surface area (Å²) >= 11 is 0. The van der Waals surface area contributed by atoms with E-state index in [1.165, 1.54) is 0 Å². The smallest absolute Gasteiger partial charge is 0.255 e. The van der Waals surface area contributed by atoms with Crippen molar-refractivity contribution in [3.63, 3.8) is 0 Å². The molecule has 0 saturated carbocycles. The first kappa shape index (κ1) is 15.0. The Morgan fingerprint density at radius 1 is 1.24 bits per heavy atom. The van der Waals surface area contributed by atoms with Crippen molar-refractivity contribution >= 4 is 16.9 Å². The summed E-state index contributed by atoms with van der Waals surface area (Å²) in [6.45, 7) is 0.468. The molecule has 4 aromatic rings. The van der Waals surface area contributed by atoms with Gasteiger partial charge in [-0.2, -0.15) is 5.21 Å². The summed E-state index contributed by atoms with van der Waals surface area (Å²) in [6.07, 6.45) is 3.40. The van der Waals surface area contributed by atoms with Gasteiger partial charge in [0.2, 0.25) is 5.82 Å². The summed E-state index contributed by atoms with van der Waals surface area (Å²) in [6, 6.07) is 11.5. The average molecular weight is 333 g/mol. The van der Waals surface area contributed by atoms with Crippen molar-refractivity contribution in [2.24, 2.45) is 0 Å². The van der Waals surface area contributed by atoms with Crippen molar-refractivity contribution in [2.75, 3.05) is 7.05 Å². The van der Waals surface area contributed by atoms with Crippen LogP contribution in [-0.4, -0.2) is 48.4 Å². The van der Waals surface area contributed by atoms with Crippen LogP contribution < -0.4 is 0 Å². The van der Waals surface area contributed by atoms with E-state index in [2.05, 4.69) is 30.6 Å². The lowest BCUT2D eigenvalue weighted by atomic mass is 10.1. The molecule has 124 valence electrons. The lowest BCUT2D eigenvalue weighted by Crippen LogP contribution is -2.26. The van der Waals surface area contributed by atoms with Crippen LogP contribution in [0.2, 0.25) is 0 Å². The molecule has 3 aromatic heterocycles. The Morgan fingerprint density at radius 3 is 3.00 bits per heavy atom. The maximum atomic E-state index is 12.7. The fourth-order valence-electron chi connectivity index (χ4n) is 2.72. The van der Waals surface area contributed by atoms with Gasteiger partial charge in [-0.1, -0.05) is 18.2 Å². The molecule has 25 heavy (non-hydrogen) atoms. The zero-order chi connectivity index (χ0) is 17.2. The van der Waals surface area contributed by atoms with Crippen LogP contribution in [0.25, 0.3) is 22.4 Å². The van der Waals surface area contributed by atoms with Gasteiger partial charge >= 0.3 is 0 Å². The molecule has 4 rings (SSSR count). The molecule has 1 amide bonds. The molecule has 0 aliphatic carbocycles. The van der Waals surface area contributed by atoms with E-state index in [4.69, 9.17) is 0 Å². The summed E-state index contributed by atoms with van der Waals surface area (Å²) in [5.41, 5.74) is 3.16. The van der Waals surface area contributed by atoms with Gasteiger partial charge in [-0.25, -0.2) is 4.98 Å². The molecule has 1 aromatic carbocycles. The van der Waals surface area contributed by atoms with Gasteiger partial charge in [-0.15, -0.1) is 10.2 Å². The second-order valence-electron chi connectivity index (χ2n) is 5.74. The zero-order valence-corrected chi connectivity index (χ0v) is 13.5. The Morgan fingerprint density at radius 2 is 2.16 bits per heavy atom. The van der Waals surface area contributed by atoms with E-state index < -0.39 is 0 Å². The van der Waals surface area contributed by atoms with Crippen LogP contribution in [0.1, 0.15) is 15.9 Å². The fourth-order valence-corrected chi connectivity index (χ4v) is 2.72. The van der Waals surface area contributed by atoms with Crippen LogP contribution in [0, 0.1) is 0 Å². The van der Waals surface area contributed by atoms with Gasteiger partial charge in [-0.3, -0.25) is 4.79 Å². The van der Waals surface area contributed by atoms with Crippen molar-refractivity contribution in [3.8, 4) is 11.4 Å². The summed E-state index contributed by atoms with van der Waals surface area (Å²) in [7, 11) is 1.77. The van der Waals surface area contributed by atoms with Gasteiger partial charge in [0.1, 0.15) is 5.65 Å². The fraction of sp³-hybridized carbons (Fsp3) is 0.118. The Hall–Kier alpha value is -3.55. The summed E-state index contributed by atoms with van der Waals surface area (Å²) in [4.78, 5) is 21.6. The van der Waals surface area contributed by atoms with Crippen molar-refractivity contribution in [1.29, 1.82) is 0 Å². The number of nitrogens with zero attached hydrogens (tertiary/aromatic N) is 5. The number of hydrogen-bond acceptors (Lipinski definition) is 5. The molecular formula is C17H15N7O. The molecular weight excluding hydrogens is 318 g/mol. The number of tetrazole rings is 1. The maximum Gasteiger partial charge on any atom is 0.255 e. The number of rotatable bonds is 4. The van der Waals surface area contributed by atoms with E-state index in [1.807, 2.05) is 36.4 Å². The number of amides is 1. The Kier molecular flexibility index (Phi) is 3.70. The van der Waals surface area contributed by atoms with Crippen LogP contribution in [0.4, 0.5) is 0 Å². The molecule has 0 aliphatic heterocycles. The number of hydrogen-bond donors (Lipinski definition) is 2. The number of carbonyl (C=O) groups excluding carboxylic acids is 1. The van der Waals surface area contributed by atoms with Gasteiger partial charge in [-0.05, 0) is 29.0 Å². The Labute approximate surface area is 142 Å². The van der Waals surface area contributed by atoms with Gasteiger partial charge in [0.15, 0.2) is 0 Å². The second kappa shape index (κ2) is 6.16. The SMILES string of the molecule is CN(Cc1cccc(-c2nn[nH]n2)c1)C(=O)c1cnc2[nH]ccc2c1. The third-order valence-electron chi connectivity index (χ3n) is 3.94. The molecule has 0 fully saturated rings. The predicted octanol–water partition coefficient (Wildman–Crippen LogP) is 2.02. The van der Waals surface area contributed by atoms with Crippen LogP contribution in [-0.2, 0) is 6.54 Å². The molecule has 0 aliphatic rings. The first-order chi connectivity index (χ1) is 12.2. The first-order valence-corrected chi connectivity index (χ1v) is 7.72. The normalized spacial score (nSPS) is 10.9.